The first-order valence-corrected chi connectivity index (χ1v) is 10.4. The molecule has 1 aliphatic rings. The maximum atomic E-state index is 12.5. The highest BCUT2D eigenvalue weighted by Crippen LogP contribution is 2.42. The van der Waals surface area contributed by atoms with Gasteiger partial charge in [0.15, 0.2) is 11.5 Å². The summed E-state index contributed by atoms with van der Waals surface area (Å²) in [5.41, 5.74) is 1.94. The van der Waals surface area contributed by atoms with Crippen LogP contribution in [-0.4, -0.2) is 44.9 Å². The molecule has 0 aliphatic carbocycles. The van der Waals surface area contributed by atoms with Crippen LogP contribution in [0.5, 0.6) is 11.5 Å². The molecule has 3 rings (SSSR count). The fraction of sp³-hybridized carbons (Fsp3) is 0.368. The Bertz CT molecular complexity index is 856. The Balaban J connectivity index is 0.00000280. The first-order chi connectivity index (χ1) is 13.1. The van der Waals surface area contributed by atoms with E-state index in [0.717, 1.165) is 20.3 Å². The molecule has 0 bridgehead atoms. The van der Waals surface area contributed by atoms with E-state index in [1.807, 2.05) is 36.1 Å². The molecule has 0 spiro atoms. The van der Waals surface area contributed by atoms with Gasteiger partial charge in [0, 0.05) is 6.54 Å². The molecule has 6 nitrogen and oxygen atoms in total. The highest BCUT2D eigenvalue weighted by molar-refractivity contribution is 8.02. The minimum atomic E-state index is 0. The molecule has 0 fully saturated rings. The third kappa shape index (κ3) is 4.74. The summed E-state index contributed by atoms with van der Waals surface area (Å²) in [7, 11) is 3.22. The molecular weight excluding hydrogens is 420 g/mol. The van der Waals surface area contributed by atoms with Gasteiger partial charge in [-0.15, -0.1) is 35.5 Å². The Morgan fingerprint density at radius 2 is 1.96 bits per heavy atom. The predicted octanol–water partition coefficient (Wildman–Crippen LogP) is 4.23. The number of hydrogen-bond acceptors (Lipinski definition) is 7. The summed E-state index contributed by atoms with van der Waals surface area (Å²) in [4.78, 5) is 15.0. The second-order valence-corrected chi connectivity index (χ2v) is 8.12. The van der Waals surface area contributed by atoms with E-state index in [2.05, 4.69) is 0 Å². The number of rotatable bonds is 7. The van der Waals surface area contributed by atoms with Gasteiger partial charge in [-0.25, -0.2) is 0 Å². The number of amides is 1. The van der Waals surface area contributed by atoms with Crippen LogP contribution in [0.1, 0.15) is 17.4 Å². The zero-order valence-electron chi connectivity index (χ0n) is 15.9. The predicted molar refractivity (Wildman–Crippen MR) is 116 cm³/mol. The summed E-state index contributed by atoms with van der Waals surface area (Å²) in [5.74, 6) is 2.02. The van der Waals surface area contributed by atoms with Crippen molar-refractivity contribution in [2.45, 2.75) is 17.6 Å². The zero-order valence-corrected chi connectivity index (χ0v) is 18.4. The van der Waals surface area contributed by atoms with Crippen molar-refractivity contribution < 1.29 is 19.0 Å². The fourth-order valence-electron chi connectivity index (χ4n) is 2.85. The van der Waals surface area contributed by atoms with Gasteiger partial charge in [-0.3, -0.25) is 10.2 Å². The normalized spacial score (nSPS) is 12.8. The monoisotopic (exact) mass is 442 g/mol. The summed E-state index contributed by atoms with van der Waals surface area (Å²) < 4.78 is 17.0. The molecule has 0 unspecified atom stereocenters. The maximum absolute atomic E-state index is 12.5. The van der Waals surface area contributed by atoms with Crippen molar-refractivity contribution in [1.29, 1.82) is 5.41 Å². The van der Waals surface area contributed by atoms with Crippen molar-refractivity contribution in [1.82, 2.24) is 0 Å². The van der Waals surface area contributed by atoms with E-state index in [4.69, 9.17) is 19.6 Å². The molecule has 1 amide bonds. The van der Waals surface area contributed by atoms with Crippen LogP contribution in [0.25, 0.3) is 0 Å². The Morgan fingerprint density at radius 1 is 1.21 bits per heavy atom. The molecule has 1 aliphatic heterocycles. The van der Waals surface area contributed by atoms with Crippen LogP contribution in [0.3, 0.4) is 0 Å². The number of ether oxygens (including phenoxy) is 3. The standard InChI is InChI=1S/C19H22N2O4S2.ClH/c1-4-25-18(20)16-10-13-19(27-16)26-11-17(22)21(13)8-7-12-5-6-14(23-2)15(9-12)24-3;/h5-6,9-10,20H,4,7-8,11H2,1-3H3;1H. The van der Waals surface area contributed by atoms with Crippen LogP contribution in [0.4, 0.5) is 5.69 Å². The number of carbonyl (C=O) groups excluding carboxylic acids is 1. The molecule has 2 aromatic rings. The number of anilines is 1. The minimum Gasteiger partial charge on any atom is -0.493 e. The smallest absolute Gasteiger partial charge is 0.237 e. The van der Waals surface area contributed by atoms with Crippen molar-refractivity contribution in [2.75, 3.05) is 38.0 Å². The molecule has 28 heavy (non-hydrogen) atoms. The van der Waals surface area contributed by atoms with Crippen molar-refractivity contribution in [3.05, 3.63) is 34.7 Å². The average molecular weight is 443 g/mol. The summed E-state index contributed by atoms with van der Waals surface area (Å²) in [6, 6.07) is 7.68. The van der Waals surface area contributed by atoms with Gasteiger partial charge < -0.3 is 19.1 Å². The lowest BCUT2D eigenvalue weighted by Crippen LogP contribution is -2.36. The van der Waals surface area contributed by atoms with Crippen LogP contribution in [0.2, 0.25) is 0 Å². The van der Waals surface area contributed by atoms with E-state index in [1.165, 1.54) is 23.1 Å². The van der Waals surface area contributed by atoms with Crippen LogP contribution in [0.15, 0.2) is 28.5 Å². The molecule has 0 saturated carbocycles. The lowest BCUT2D eigenvalue weighted by atomic mass is 10.1. The summed E-state index contributed by atoms with van der Waals surface area (Å²) >= 11 is 3.03. The fourth-order valence-corrected chi connectivity index (χ4v) is 5.05. The average Bonchev–Trinajstić information content (AvgIpc) is 3.11. The lowest BCUT2D eigenvalue weighted by molar-refractivity contribution is -0.116. The molecule has 1 aromatic heterocycles. The highest BCUT2D eigenvalue weighted by Gasteiger charge is 2.28. The van der Waals surface area contributed by atoms with E-state index >= 15 is 0 Å². The Morgan fingerprint density at radius 3 is 2.64 bits per heavy atom. The third-order valence-corrected chi connectivity index (χ3v) is 6.57. The number of benzene rings is 1. The van der Waals surface area contributed by atoms with Gasteiger partial charge in [0.05, 0.1) is 41.4 Å². The number of halogens is 1. The van der Waals surface area contributed by atoms with Crippen LogP contribution >= 0.6 is 35.5 Å². The minimum absolute atomic E-state index is 0. The summed E-state index contributed by atoms with van der Waals surface area (Å²) in [5, 5.41) is 8.00. The van der Waals surface area contributed by atoms with Crippen LogP contribution in [-0.2, 0) is 16.0 Å². The number of thioether (sulfide) groups is 1. The Kier molecular flexibility index (Phi) is 8.03. The van der Waals surface area contributed by atoms with E-state index in [9.17, 15) is 4.79 Å². The molecule has 1 N–H and O–H groups in total. The molecular formula is C19H23ClN2O4S2. The molecule has 9 heteroatoms. The first-order valence-electron chi connectivity index (χ1n) is 8.57. The molecule has 2 heterocycles. The Labute approximate surface area is 179 Å². The van der Waals surface area contributed by atoms with Crippen molar-refractivity contribution in [3.8, 4) is 11.5 Å². The highest BCUT2D eigenvalue weighted by atomic mass is 35.5. The zero-order chi connectivity index (χ0) is 19.4. The molecule has 0 radical (unpaired) electrons. The van der Waals surface area contributed by atoms with Gasteiger partial charge >= 0.3 is 0 Å². The first kappa shape index (κ1) is 22.4. The van der Waals surface area contributed by atoms with Crippen molar-refractivity contribution >= 4 is 53.0 Å². The number of thiophene rings is 1. The number of nitrogens with zero attached hydrogens (tertiary/aromatic N) is 1. The van der Waals surface area contributed by atoms with Gasteiger partial charge in [-0.05, 0) is 37.1 Å². The van der Waals surface area contributed by atoms with Gasteiger partial charge in [-0.1, -0.05) is 6.07 Å². The largest absolute Gasteiger partial charge is 0.493 e. The van der Waals surface area contributed by atoms with Gasteiger partial charge in [0.25, 0.3) is 0 Å². The summed E-state index contributed by atoms with van der Waals surface area (Å²) in [6.45, 7) is 2.88. The van der Waals surface area contributed by atoms with E-state index < -0.39 is 0 Å². The molecule has 0 saturated heterocycles. The quantitative estimate of drug-likeness (QED) is 0.513. The molecule has 0 atom stereocenters. The number of hydrogen-bond donors (Lipinski definition) is 1. The molecule has 1 aromatic carbocycles. The van der Waals surface area contributed by atoms with E-state index in [1.54, 1.807) is 14.2 Å². The number of nitrogens with one attached hydrogen (secondary N) is 1. The second-order valence-electron chi connectivity index (χ2n) is 5.82. The van der Waals surface area contributed by atoms with E-state index in [-0.39, 0.29) is 24.2 Å². The van der Waals surface area contributed by atoms with Gasteiger partial charge in [0.1, 0.15) is 0 Å². The van der Waals surface area contributed by atoms with Crippen LogP contribution < -0.4 is 14.4 Å². The lowest BCUT2D eigenvalue weighted by Gasteiger charge is -2.26. The number of carbonyl (C=O) groups is 1. The van der Waals surface area contributed by atoms with E-state index in [0.29, 0.717) is 36.8 Å². The summed E-state index contributed by atoms with van der Waals surface area (Å²) in [6.07, 6.45) is 0.699. The third-order valence-electron chi connectivity index (χ3n) is 4.18. The maximum Gasteiger partial charge on any atom is 0.237 e. The van der Waals surface area contributed by atoms with Gasteiger partial charge in [-0.2, -0.15) is 0 Å². The van der Waals surface area contributed by atoms with Crippen LogP contribution in [0, 0.1) is 5.41 Å². The number of fused-ring (bicyclic) bond motifs is 1. The molecule has 152 valence electrons. The van der Waals surface area contributed by atoms with Crippen molar-refractivity contribution in [3.63, 3.8) is 0 Å². The topological polar surface area (TPSA) is 71.9 Å². The Hall–Kier alpha value is -1.90. The number of methoxy groups -OCH3 is 2. The van der Waals surface area contributed by atoms with Crippen molar-refractivity contribution in [2.24, 2.45) is 0 Å². The SMILES string of the molecule is CCOC(=N)c1cc2c(s1)SCC(=O)N2CCc1ccc(OC)c(OC)c1.Cl. The van der Waals surface area contributed by atoms with Gasteiger partial charge in [0.2, 0.25) is 11.8 Å². The second kappa shape index (κ2) is 10.0.